The number of hydrogen-bond acceptors (Lipinski definition) is 4. The molecule has 0 amide bonds. The first-order valence-corrected chi connectivity index (χ1v) is 7.52. The molecule has 0 atom stereocenters. The topological polar surface area (TPSA) is 47.0 Å². The van der Waals surface area contributed by atoms with Crippen LogP contribution in [0.25, 0.3) is 11.4 Å². The molecule has 1 aliphatic heterocycles. The van der Waals surface area contributed by atoms with Crippen molar-refractivity contribution in [2.24, 2.45) is 0 Å². The van der Waals surface area contributed by atoms with Gasteiger partial charge in [0.05, 0.1) is 18.0 Å². The van der Waals surface area contributed by atoms with Crippen LogP contribution < -0.4 is 10.1 Å². The van der Waals surface area contributed by atoms with Crippen LogP contribution >= 0.6 is 0 Å². The molecule has 1 aromatic heterocycles. The number of nitrogens with one attached hydrogen (secondary N) is 1. The van der Waals surface area contributed by atoms with Crippen LogP contribution in [-0.2, 0) is 13.1 Å². The minimum Gasteiger partial charge on any atom is -0.494 e. The van der Waals surface area contributed by atoms with Crippen molar-refractivity contribution in [3.05, 3.63) is 41.2 Å². The lowest BCUT2D eigenvalue weighted by atomic mass is 10.0. The minimum atomic E-state index is 0.399. The molecule has 2 aromatic rings. The number of hydrogen-bond donors (Lipinski definition) is 1. The highest BCUT2D eigenvalue weighted by atomic mass is 16.5. The molecular formula is C17H21N3O. The zero-order valence-corrected chi connectivity index (χ0v) is 12.8. The van der Waals surface area contributed by atoms with Crippen molar-refractivity contribution >= 4 is 0 Å². The normalized spacial score (nSPS) is 13.5. The Morgan fingerprint density at radius 3 is 2.86 bits per heavy atom. The van der Waals surface area contributed by atoms with E-state index < -0.39 is 0 Å². The van der Waals surface area contributed by atoms with E-state index in [0.717, 1.165) is 41.6 Å². The lowest BCUT2D eigenvalue weighted by Crippen LogP contribution is -2.05. The molecule has 1 aliphatic rings. The first-order chi connectivity index (χ1) is 10.2. The van der Waals surface area contributed by atoms with Crippen LogP contribution in [0.3, 0.4) is 0 Å². The van der Waals surface area contributed by atoms with E-state index in [1.165, 1.54) is 5.56 Å². The van der Waals surface area contributed by atoms with Crippen LogP contribution in [0.2, 0.25) is 0 Å². The van der Waals surface area contributed by atoms with Gasteiger partial charge in [0.15, 0.2) is 5.82 Å². The maximum absolute atomic E-state index is 5.57. The van der Waals surface area contributed by atoms with E-state index in [-0.39, 0.29) is 0 Å². The van der Waals surface area contributed by atoms with Crippen molar-refractivity contribution in [1.82, 2.24) is 15.3 Å². The number of fused-ring (bicyclic) bond motifs is 1. The Bertz CT molecular complexity index is 652. The largest absolute Gasteiger partial charge is 0.494 e. The molecule has 0 bridgehead atoms. The van der Waals surface area contributed by atoms with E-state index >= 15 is 0 Å². The Morgan fingerprint density at radius 1 is 1.24 bits per heavy atom. The molecule has 3 rings (SSSR count). The summed E-state index contributed by atoms with van der Waals surface area (Å²) in [6, 6.07) is 8.00. The fraction of sp³-hybridized carbons (Fsp3) is 0.412. The summed E-state index contributed by atoms with van der Waals surface area (Å²) in [7, 11) is 0. The molecule has 0 radical (unpaired) electrons. The standard InChI is InChI=1S/C17H21N3O/c1-4-21-13-7-5-6-12(8-13)17-19-15-10-18-9-14(15)16(20-17)11(2)3/h5-8,11,18H,4,9-10H2,1-3H3. The second kappa shape index (κ2) is 5.82. The molecule has 1 N–H and O–H groups in total. The third-order valence-corrected chi connectivity index (χ3v) is 3.67. The third-order valence-electron chi connectivity index (χ3n) is 3.67. The van der Waals surface area contributed by atoms with E-state index in [0.29, 0.717) is 12.5 Å². The van der Waals surface area contributed by atoms with E-state index in [1.54, 1.807) is 0 Å². The minimum absolute atomic E-state index is 0.399. The van der Waals surface area contributed by atoms with Crippen LogP contribution in [0.5, 0.6) is 5.75 Å². The first kappa shape index (κ1) is 14.0. The number of aromatic nitrogens is 2. The van der Waals surface area contributed by atoms with Crippen LogP contribution in [-0.4, -0.2) is 16.6 Å². The predicted octanol–water partition coefficient (Wildman–Crippen LogP) is 3.27. The van der Waals surface area contributed by atoms with Crippen LogP contribution in [0, 0.1) is 0 Å². The molecular weight excluding hydrogens is 262 g/mol. The third kappa shape index (κ3) is 2.76. The van der Waals surface area contributed by atoms with Gasteiger partial charge in [-0.3, -0.25) is 0 Å². The van der Waals surface area contributed by atoms with Gasteiger partial charge >= 0.3 is 0 Å². The maximum Gasteiger partial charge on any atom is 0.159 e. The Morgan fingerprint density at radius 2 is 2.10 bits per heavy atom. The summed E-state index contributed by atoms with van der Waals surface area (Å²) in [4.78, 5) is 9.55. The summed E-state index contributed by atoms with van der Waals surface area (Å²) in [6.07, 6.45) is 0. The van der Waals surface area contributed by atoms with Crippen molar-refractivity contribution in [2.45, 2.75) is 39.8 Å². The van der Waals surface area contributed by atoms with E-state index in [1.807, 2.05) is 31.2 Å². The van der Waals surface area contributed by atoms with Gasteiger partial charge in [0.2, 0.25) is 0 Å². The molecule has 2 heterocycles. The smallest absolute Gasteiger partial charge is 0.159 e. The van der Waals surface area contributed by atoms with Gasteiger partial charge < -0.3 is 10.1 Å². The Hall–Kier alpha value is -1.94. The number of rotatable bonds is 4. The molecule has 21 heavy (non-hydrogen) atoms. The van der Waals surface area contributed by atoms with Crippen molar-refractivity contribution in [1.29, 1.82) is 0 Å². The molecule has 0 unspecified atom stereocenters. The number of nitrogens with zero attached hydrogens (tertiary/aromatic N) is 2. The van der Waals surface area contributed by atoms with Gasteiger partial charge in [-0.1, -0.05) is 26.0 Å². The maximum atomic E-state index is 5.57. The summed E-state index contributed by atoms with van der Waals surface area (Å²) in [5.74, 6) is 2.06. The van der Waals surface area contributed by atoms with Gasteiger partial charge in [-0.15, -0.1) is 0 Å². The van der Waals surface area contributed by atoms with Gasteiger partial charge in [0.1, 0.15) is 5.75 Å². The first-order valence-electron chi connectivity index (χ1n) is 7.52. The highest BCUT2D eigenvalue weighted by Crippen LogP contribution is 2.28. The van der Waals surface area contributed by atoms with Crippen molar-refractivity contribution in [3.8, 4) is 17.1 Å². The van der Waals surface area contributed by atoms with E-state index in [2.05, 4.69) is 19.2 Å². The summed E-state index contributed by atoms with van der Waals surface area (Å²) < 4.78 is 5.57. The van der Waals surface area contributed by atoms with Gasteiger partial charge in [-0.05, 0) is 25.0 Å². The van der Waals surface area contributed by atoms with Crippen LogP contribution in [0.1, 0.15) is 43.6 Å². The second-order valence-electron chi connectivity index (χ2n) is 5.58. The molecule has 1 aromatic carbocycles. The van der Waals surface area contributed by atoms with Crippen LogP contribution in [0.4, 0.5) is 0 Å². The van der Waals surface area contributed by atoms with Crippen molar-refractivity contribution < 1.29 is 4.74 Å². The molecule has 110 valence electrons. The highest BCUT2D eigenvalue weighted by molar-refractivity contribution is 5.58. The summed E-state index contributed by atoms with van der Waals surface area (Å²) in [6.45, 7) is 8.72. The summed E-state index contributed by atoms with van der Waals surface area (Å²) in [5, 5.41) is 3.37. The van der Waals surface area contributed by atoms with E-state index in [4.69, 9.17) is 14.7 Å². The molecule has 4 heteroatoms. The van der Waals surface area contributed by atoms with Crippen LogP contribution in [0.15, 0.2) is 24.3 Å². The van der Waals surface area contributed by atoms with E-state index in [9.17, 15) is 0 Å². The zero-order chi connectivity index (χ0) is 14.8. The number of benzene rings is 1. The number of ether oxygens (including phenoxy) is 1. The molecule has 4 nitrogen and oxygen atoms in total. The molecule has 0 saturated heterocycles. The predicted molar refractivity (Wildman–Crippen MR) is 83.3 cm³/mol. The Balaban J connectivity index is 2.06. The molecule has 0 saturated carbocycles. The monoisotopic (exact) mass is 283 g/mol. The fourth-order valence-electron chi connectivity index (χ4n) is 2.69. The van der Waals surface area contributed by atoms with Gasteiger partial charge in [0.25, 0.3) is 0 Å². The summed E-state index contributed by atoms with van der Waals surface area (Å²) >= 11 is 0. The average Bonchev–Trinajstić information content (AvgIpc) is 2.95. The molecule has 0 fully saturated rings. The lowest BCUT2D eigenvalue weighted by Gasteiger charge is -2.13. The summed E-state index contributed by atoms with van der Waals surface area (Å²) in [5.41, 5.74) is 4.57. The van der Waals surface area contributed by atoms with Crippen molar-refractivity contribution in [3.63, 3.8) is 0 Å². The Kier molecular flexibility index (Phi) is 3.88. The highest BCUT2D eigenvalue weighted by Gasteiger charge is 2.21. The second-order valence-corrected chi connectivity index (χ2v) is 5.58. The fourth-order valence-corrected chi connectivity index (χ4v) is 2.69. The SMILES string of the molecule is CCOc1cccc(-c2nc3c(c(C(C)C)n2)CNC3)c1. The van der Waals surface area contributed by atoms with Gasteiger partial charge in [0, 0.05) is 24.2 Å². The quantitative estimate of drug-likeness (QED) is 0.935. The van der Waals surface area contributed by atoms with Crippen molar-refractivity contribution in [2.75, 3.05) is 6.61 Å². The van der Waals surface area contributed by atoms with Gasteiger partial charge in [-0.25, -0.2) is 9.97 Å². The Labute approximate surface area is 125 Å². The molecule has 0 aliphatic carbocycles. The zero-order valence-electron chi connectivity index (χ0n) is 12.8. The lowest BCUT2D eigenvalue weighted by molar-refractivity contribution is 0.340. The van der Waals surface area contributed by atoms with Gasteiger partial charge in [-0.2, -0.15) is 0 Å². The average molecular weight is 283 g/mol. The molecule has 0 spiro atoms.